The normalized spacial score (nSPS) is 15.2. The Balaban J connectivity index is 4.28. The van der Waals surface area contributed by atoms with Crippen LogP contribution in [0.5, 0.6) is 0 Å². The molecule has 0 rings (SSSR count). The fourth-order valence-corrected chi connectivity index (χ4v) is 1.63. The molecule has 0 heterocycles. The Morgan fingerprint density at radius 2 is 2.00 bits per heavy atom. The zero-order valence-corrected chi connectivity index (χ0v) is 12.6. The molecular weight excluding hydrogens is 260 g/mol. The fraction of sp³-hybridized carbons (Fsp3) is 0.733. The summed E-state index contributed by atoms with van der Waals surface area (Å²) >= 11 is 0. The van der Waals surface area contributed by atoms with E-state index in [4.69, 9.17) is 14.6 Å². The van der Waals surface area contributed by atoms with Gasteiger partial charge in [0.15, 0.2) is 5.92 Å². The van der Waals surface area contributed by atoms with Crippen molar-refractivity contribution in [3.8, 4) is 0 Å². The maximum absolute atomic E-state index is 11.8. The molecule has 116 valence electrons. The highest BCUT2D eigenvalue weighted by molar-refractivity contribution is 5.93. The van der Waals surface area contributed by atoms with Crippen LogP contribution in [0.15, 0.2) is 12.7 Å². The molecule has 0 radical (unpaired) electrons. The predicted molar refractivity (Wildman–Crippen MR) is 76.4 cm³/mol. The second-order valence-electron chi connectivity index (χ2n) is 5.04. The first kappa shape index (κ1) is 18.6. The van der Waals surface area contributed by atoms with Crippen LogP contribution in [0.2, 0.25) is 0 Å². The third kappa shape index (κ3) is 7.94. The zero-order valence-electron chi connectivity index (χ0n) is 12.6. The minimum Gasteiger partial charge on any atom is -0.481 e. The summed E-state index contributed by atoms with van der Waals surface area (Å²) in [6, 6.07) is 0. The number of hydrogen-bond acceptors (Lipinski definition) is 4. The van der Waals surface area contributed by atoms with Crippen molar-refractivity contribution in [2.24, 2.45) is 11.8 Å². The molecule has 0 amide bonds. The van der Waals surface area contributed by atoms with Crippen LogP contribution >= 0.6 is 0 Å². The highest BCUT2D eigenvalue weighted by Gasteiger charge is 2.30. The first-order valence-electron chi connectivity index (χ1n) is 7.04. The smallest absolute Gasteiger partial charge is 0.320 e. The molecule has 3 unspecified atom stereocenters. The summed E-state index contributed by atoms with van der Waals surface area (Å²) in [6.07, 6.45) is 3.05. The Morgan fingerprint density at radius 3 is 2.50 bits per heavy atom. The van der Waals surface area contributed by atoms with Gasteiger partial charge in [0.1, 0.15) is 0 Å². The van der Waals surface area contributed by atoms with E-state index in [-0.39, 0.29) is 18.4 Å². The first-order valence-corrected chi connectivity index (χ1v) is 7.04. The number of esters is 1. The number of carbonyl (C=O) groups excluding carboxylic acids is 1. The van der Waals surface area contributed by atoms with Crippen molar-refractivity contribution in [1.29, 1.82) is 0 Å². The van der Waals surface area contributed by atoms with Gasteiger partial charge < -0.3 is 14.6 Å². The molecule has 0 aromatic carbocycles. The van der Waals surface area contributed by atoms with Crippen molar-refractivity contribution < 1.29 is 24.2 Å². The summed E-state index contributed by atoms with van der Waals surface area (Å²) in [5, 5.41) is 9.14. The molecule has 5 nitrogen and oxygen atoms in total. The SMILES string of the molecule is C=CCOCCC(C)CC(C(=O)O)C(=O)OC(C)CC. The van der Waals surface area contributed by atoms with Gasteiger partial charge in [0.2, 0.25) is 0 Å². The van der Waals surface area contributed by atoms with Gasteiger partial charge in [-0.2, -0.15) is 0 Å². The van der Waals surface area contributed by atoms with E-state index in [1.54, 1.807) is 13.0 Å². The molecule has 0 aromatic heterocycles. The second-order valence-corrected chi connectivity index (χ2v) is 5.04. The molecule has 0 aromatic rings. The maximum Gasteiger partial charge on any atom is 0.320 e. The van der Waals surface area contributed by atoms with E-state index in [2.05, 4.69) is 6.58 Å². The van der Waals surface area contributed by atoms with Crippen LogP contribution in [0.25, 0.3) is 0 Å². The Morgan fingerprint density at radius 1 is 1.35 bits per heavy atom. The molecular formula is C15H26O5. The van der Waals surface area contributed by atoms with E-state index in [9.17, 15) is 9.59 Å². The fourth-order valence-electron chi connectivity index (χ4n) is 1.63. The van der Waals surface area contributed by atoms with Crippen LogP contribution in [-0.4, -0.2) is 36.4 Å². The topological polar surface area (TPSA) is 72.8 Å². The molecule has 0 saturated heterocycles. The van der Waals surface area contributed by atoms with Gasteiger partial charge in [-0.05, 0) is 32.1 Å². The van der Waals surface area contributed by atoms with Crippen LogP contribution < -0.4 is 0 Å². The Bertz CT molecular complexity index is 313. The van der Waals surface area contributed by atoms with E-state index < -0.39 is 17.9 Å². The lowest BCUT2D eigenvalue weighted by atomic mass is 9.93. The molecule has 0 aliphatic rings. The van der Waals surface area contributed by atoms with Gasteiger partial charge in [-0.3, -0.25) is 9.59 Å². The van der Waals surface area contributed by atoms with E-state index >= 15 is 0 Å². The lowest BCUT2D eigenvalue weighted by Gasteiger charge is -2.19. The molecule has 0 aliphatic carbocycles. The minimum absolute atomic E-state index is 0.0744. The van der Waals surface area contributed by atoms with Crippen molar-refractivity contribution in [3.63, 3.8) is 0 Å². The molecule has 0 bridgehead atoms. The average Bonchev–Trinajstić information content (AvgIpc) is 2.40. The van der Waals surface area contributed by atoms with Gasteiger partial charge >= 0.3 is 11.9 Å². The third-order valence-corrected chi connectivity index (χ3v) is 3.10. The quantitative estimate of drug-likeness (QED) is 0.273. The van der Waals surface area contributed by atoms with Gasteiger partial charge in [0, 0.05) is 6.61 Å². The van der Waals surface area contributed by atoms with Crippen molar-refractivity contribution in [1.82, 2.24) is 0 Å². The van der Waals surface area contributed by atoms with E-state index in [0.29, 0.717) is 26.1 Å². The maximum atomic E-state index is 11.8. The van der Waals surface area contributed by atoms with Crippen molar-refractivity contribution in [2.45, 2.75) is 46.1 Å². The number of carboxylic acids is 1. The van der Waals surface area contributed by atoms with Crippen molar-refractivity contribution in [2.75, 3.05) is 13.2 Å². The average molecular weight is 286 g/mol. The highest BCUT2D eigenvalue weighted by Crippen LogP contribution is 2.18. The van der Waals surface area contributed by atoms with Crippen molar-refractivity contribution >= 4 is 11.9 Å². The largest absolute Gasteiger partial charge is 0.481 e. The van der Waals surface area contributed by atoms with Crippen LogP contribution in [0.4, 0.5) is 0 Å². The molecule has 0 saturated carbocycles. The monoisotopic (exact) mass is 286 g/mol. The van der Waals surface area contributed by atoms with Crippen LogP contribution in [0.3, 0.4) is 0 Å². The summed E-state index contributed by atoms with van der Waals surface area (Å²) in [4.78, 5) is 23.0. The first-order chi connectivity index (χ1) is 9.42. The number of carbonyl (C=O) groups is 2. The lowest BCUT2D eigenvalue weighted by molar-refractivity contribution is -0.162. The van der Waals surface area contributed by atoms with E-state index in [1.165, 1.54) is 0 Å². The summed E-state index contributed by atoms with van der Waals surface area (Å²) < 4.78 is 10.4. The number of aliphatic carboxylic acids is 1. The molecule has 1 N–H and O–H groups in total. The Kier molecular flexibility index (Phi) is 9.72. The number of ether oxygens (including phenoxy) is 2. The van der Waals surface area contributed by atoms with Crippen LogP contribution in [-0.2, 0) is 19.1 Å². The third-order valence-electron chi connectivity index (χ3n) is 3.10. The summed E-state index contributed by atoms with van der Waals surface area (Å²) in [5.41, 5.74) is 0. The lowest BCUT2D eigenvalue weighted by Crippen LogP contribution is -2.30. The molecule has 0 spiro atoms. The van der Waals surface area contributed by atoms with E-state index in [0.717, 1.165) is 0 Å². The van der Waals surface area contributed by atoms with E-state index in [1.807, 2.05) is 13.8 Å². The van der Waals surface area contributed by atoms with Gasteiger partial charge in [0.25, 0.3) is 0 Å². The van der Waals surface area contributed by atoms with Gasteiger partial charge in [-0.1, -0.05) is 19.9 Å². The summed E-state index contributed by atoms with van der Waals surface area (Å²) in [7, 11) is 0. The number of rotatable bonds is 11. The summed E-state index contributed by atoms with van der Waals surface area (Å²) in [5.74, 6) is -2.80. The van der Waals surface area contributed by atoms with Crippen LogP contribution in [0, 0.1) is 11.8 Å². The molecule has 0 fully saturated rings. The highest BCUT2D eigenvalue weighted by atomic mass is 16.5. The molecule has 20 heavy (non-hydrogen) atoms. The van der Waals surface area contributed by atoms with Gasteiger partial charge in [0.05, 0.1) is 12.7 Å². The number of carboxylic acid groups (broad SMARTS) is 1. The standard InChI is InChI=1S/C15H26O5/c1-5-8-19-9-7-11(3)10-13(14(16)17)15(18)20-12(4)6-2/h5,11-13H,1,6-10H2,2-4H3,(H,16,17). The van der Waals surface area contributed by atoms with Crippen LogP contribution in [0.1, 0.15) is 40.0 Å². The Labute approximate surface area is 121 Å². The molecule has 3 atom stereocenters. The zero-order chi connectivity index (χ0) is 15.5. The minimum atomic E-state index is -1.13. The Hall–Kier alpha value is -1.36. The van der Waals surface area contributed by atoms with Gasteiger partial charge in [-0.25, -0.2) is 0 Å². The summed E-state index contributed by atoms with van der Waals surface area (Å²) in [6.45, 7) is 10.1. The molecule has 5 heteroatoms. The van der Waals surface area contributed by atoms with Gasteiger partial charge in [-0.15, -0.1) is 6.58 Å². The predicted octanol–water partition coefficient (Wildman–Crippen LogP) is 2.65. The number of hydrogen-bond donors (Lipinski definition) is 1. The molecule has 0 aliphatic heterocycles. The second kappa shape index (κ2) is 10.4. The van der Waals surface area contributed by atoms with Crippen molar-refractivity contribution in [3.05, 3.63) is 12.7 Å².